The Hall–Kier alpha value is -3.26. The van der Waals surface area contributed by atoms with Crippen molar-refractivity contribution in [3.05, 3.63) is 75.3 Å². The maximum absolute atomic E-state index is 12.6. The van der Waals surface area contributed by atoms with Gasteiger partial charge in [0.25, 0.3) is 11.6 Å². The number of non-ortho nitro benzene ring substituents is 1. The summed E-state index contributed by atoms with van der Waals surface area (Å²) in [5.74, 6) is -0.854. The standard InChI is InChI=1S/C18H15N3O5/c22-16-10-20-17(23)14-8-13(21(25)26)6-7-15(14)18(20,24)11-19(16)9-12-4-2-1-3-5-12/h1-8,24H,9-11H2. The van der Waals surface area contributed by atoms with Crippen LogP contribution in [0.5, 0.6) is 0 Å². The molecule has 26 heavy (non-hydrogen) atoms. The van der Waals surface area contributed by atoms with Gasteiger partial charge in [-0.3, -0.25) is 24.6 Å². The molecule has 0 saturated carbocycles. The van der Waals surface area contributed by atoms with E-state index in [0.29, 0.717) is 12.1 Å². The minimum Gasteiger partial charge on any atom is -0.365 e. The van der Waals surface area contributed by atoms with Crippen LogP contribution >= 0.6 is 0 Å². The molecule has 132 valence electrons. The number of hydrogen-bond donors (Lipinski definition) is 1. The van der Waals surface area contributed by atoms with Crippen LogP contribution in [0.25, 0.3) is 0 Å². The molecule has 0 spiro atoms. The highest BCUT2D eigenvalue weighted by Gasteiger charge is 2.54. The van der Waals surface area contributed by atoms with Gasteiger partial charge in [0.2, 0.25) is 5.91 Å². The summed E-state index contributed by atoms with van der Waals surface area (Å²) in [7, 11) is 0. The molecule has 2 aromatic rings. The fraction of sp³-hybridized carbons (Fsp3) is 0.222. The minimum absolute atomic E-state index is 0.0658. The number of fused-ring (bicyclic) bond motifs is 3. The van der Waals surface area contributed by atoms with E-state index in [-0.39, 0.29) is 30.2 Å². The summed E-state index contributed by atoms with van der Waals surface area (Å²) < 4.78 is 0. The molecule has 4 rings (SSSR count). The number of nitro benzene ring substituents is 1. The van der Waals surface area contributed by atoms with Crippen LogP contribution < -0.4 is 0 Å². The van der Waals surface area contributed by atoms with Crippen LogP contribution in [0.1, 0.15) is 21.5 Å². The number of rotatable bonds is 3. The zero-order chi connectivity index (χ0) is 18.5. The first-order valence-corrected chi connectivity index (χ1v) is 8.05. The third-order valence-electron chi connectivity index (χ3n) is 4.84. The monoisotopic (exact) mass is 353 g/mol. The van der Waals surface area contributed by atoms with Gasteiger partial charge in [-0.05, 0) is 11.6 Å². The van der Waals surface area contributed by atoms with Crippen LogP contribution in [-0.4, -0.2) is 44.7 Å². The van der Waals surface area contributed by atoms with Crippen LogP contribution in [0.15, 0.2) is 48.5 Å². The second kappa shape index (κ2) is 5.63. The number of amides is 2. The molecule has 8 nitrogen and oxygen atoms in total. The molecule has 2 amide bonds. The number of piperazine rings is 1. The number of β-amino-alcohol motifs (C(OH)–C–C–N with tert-alkyl or cyclic N) is 1. The summed E-state index contributed by atoms with van der Waals surface area (Å²) in [6, 6.07) is 13.1. The van der Waals surface area contributed by atoms with Crippen LogP contribution in [0, 0.1) is 10.1 Å². The lowest BCUT2D eigenvalue weighted by molar-refractivity contribution is -0.384. The Bertz CT molecular complexity index is 930. The van der Waals surface area contributed by atoms with Crippen molar-refractivity contribution < 1.29 is 19.6 Å². The molecule has 2 heterocycles. The van der Waals surface area contributed by atoms with Gasteiger partial charge in [-0.1, -0.05) is 30.3 Å². The fourth-order valence-corrected chi connectivity index (χ4v) is 3.54. The van der Waals surface area contributed by atoms with Crippen LogP contribution in [0.4, 0.5) is 5.69 Å². The quantitative estimate of drug-likeness (QED) is 0.660. The highest BCUT2D eigenvalue weighted by atomic mass is 16.6. The minimum atomic E-state index is -1.68. The summed E-state index contributed by atoms with van der Waals surface area (Å²) in [5, 5.41) is 22.1. The van der Waals surface area contributed by atoms with Crippen molar-refractivity contribution in [2.75, 3.05) is 13.1 Å². The normalized spacial score (nSPS) is 21.6. The van der Waals surface area contributed by atoms with E-state index in [4.69, 9.17) is 0 Å². The predicted octanol–water partition coefficient (Wildman–Crippen LogP) is 1.24. The number of carbonyl (C=O) groups is 2. The summed E-state index contributed by atoms with van der Waals surface area (Å²) in [6.45, 7) is -0.0474. The molecule has 2 aromatic carbocycles. The van der Waals surface area contributed by atoms with Gasteiger partial charge in [-0.15, -0.1) is 0 Å². The van der Waals surface area contributed by atoms with E-state index in [0.717, 1.165) is 16.5 Å². The average Bonchev–Trinajstić information content (AvgIpc) is 2.84. The van der Waals surface area contributed by atoms with Crippen molar-refractivity contribution in [1.82, 2.24) is 9.80 Å². The van der Waals surface area contributed by atoms with Crippen LogP contribution in [0.3, 0.4) is 0 Å². The maximum Gasteiger partial charge on any atom is 0.270 e. The zero-order valence-electron chi connectivity index (χ0n) is 13.7. The largest absolute Gasteiger partial charge is 0.365 e. The zero-order valence-corrected chi connectivity index (χ0v) is 13.7. The van der Waals surface area contributed by atoms with Gasteiger partial charge in [-0.25, -0.2) is 0 Å². The molecule has 0 aromatic heterocycles. The van der Waals surface area contributed by atoms with Gasteiger partial charge in [0.15, 0.2) is 5.72 Å². The molecule has 0 aliphatic carbocycles. The van der Waals surface area contributed by atoms with Crippen molar-refractivity contribution in [2.45, 2.75) is 12.3 Å². The smallest absolute Gasteiger partial charge is 0.270 e. The van der Waals surface area contributed by atoms with E-state index >= 15 is 0 Å². The van der Waals surface area contributed by atoms with Crippen molar-refractivity contribution in [2.24, 2.45) is 0 Å². The molecule has 8 heteroatoms. The highest BCUT2D eigenvalue weighted by Crippen LogP contribution is 2.41. The first kappa shape index (κ1) is 16.2. The Morgan fingerprint density at radius 2 is 1.88 bits per heavy atom. The van der Waals surface area contributed by atoms with Gasteiger partial charge in [0.1, 0.15) is 6.54 Å². The summed E-state index contributed by atoms with van der Waals surface area (Å²) in [4.78, 5) is 38.0. The Morgan fingerprint density at radius 1 is 1.15 bits per heavy atom. The molecule has 0 bridgehead atoms. The molecule has 1 unspecified atom stereocenters. The van der Waals surface area contributed by atoms with Crippen LogP contribution in [-0.2, 0) is 17.1 Å². The Morgan fingerprint density at radius 3 is 2.58 bits per heavy atom. The number of hydrogen-bond acceptors (Lipinski definition) is 5. The van der Waals surface area contributed by atoms with Gasteiger partial charge in [0.05, 0.1) is 17.0 Å². The first-order valence-electron chi connectivity index (χ1n) is 8.05. The van der Waals surface area contributed by atoms with Crippen molar-refractivity contribution in [3.8, 4) is 0 Å². The number of aliphatic hydroxyl groups is 1. The number of benzene rings is 2. The van der Waals surface area contributed by atoms with E-state index in [9.17, 15) is 24.8 Å². The van der Waals surface area contributed by atoms with Gasteiger partial charge in [-0.2, -0.15) is 0 Å². The van der Waals surface area contributed by atoms with E-state index < -0.39 is 16.6 Å². The predicted molar refractivity (Wildman–Crippen MR) is 89.9 cm³/mol. The molecule has 1 saturated heterocycles. The van der Waals surface area contributed by atoms with E-state index in [1.165, 1.54) is 17.0 Å². The van der Waals surface area contributed by atoms with Gasteiger partial charge >= 0.3 is 0 Å². The SMILES string of the molecule is O=C1CN2C(=O)c3cc([N+](=O)[O-])ccc3C2(O)CN1Cc1ccccc1. The second-order valence-electron chi connectivity index (χ2n) is 6.43. The Kier molecular flexibility index (Phi) is 3.52. The number of nitro groups is 1. The summed E-state index contributed by atoms with van der Waals surface area (Å²) in [6.07, 6.45) is 0. The van der Waals surface area contributed by atoms with E-state index in [1.807, 2.05) is 30.3 Å². The molecular formula is C18H15N3O5. The van der Waals surface area contributed by atoms with Crippen LogP contribution in [0.2, 0.25) is 0 Å². The van der Waals surface area contributed by atoms with Crippen molar-refractivity contribution in [3.63, 3.8) is 0 Å². The lowest BCUT2D eigenvalue weighted by Crippen LogP contribution is -2.60. The van der Waals surface area contributed by atoms with Gasteiger partial charge in [0, 0.05) is 24.2 Å². The third-order valence-corrected chi connectivity index (χ3v) is 4.84. The fourth-order valence-electron chi connectivity index (χ4n) is 3.54. The summed E-state index contributed by atoms with van der Waals surface area (Å²) in [5.41, 5.74) is -0.640. The lowest BCUT2D eigenvalue weighted by atomic mass is 9.98. The number of carbonyl (C=O) groups excluding carboxylic acids is 2. The summed E-state index contributed by atoms with van der Waals surface area (Å²) >= 11 is 0. The number of nitrogens with zero attached hydrogens (tertiary/aromatic N) is 3. The topological polar surface area (TPSA) is 104 Å². The Balaban J connectivity index is 1.70. The molecule has 1 atom stereocenters. The maximum atomic E-state index is 12.6. The molecule has 1 fully saturated rings. The third kappa shape index (κ3) is 2.34. The molecule has 2 aliphatic heterocycles. The Labute approximate surface area is 148 Å². The van der Waals surface area contributed by atoms with Crippen molar-refractivity contribution >= 4 is 17.5 Å². The molecule has 1 N–H and O–H groups in total. The van der Waals surface area contributed by atoms with E-state index in [1.54, 1.807) is 0 Å². The highest BCUT2D eigenvalue weighted by molar-refractivity contribution is 6.03. The molecular weight excluding hydrogens is 338 g/mol. The van der Waals surface area contributed by atoms with Gasteiger partial charge < -0.3 is 10.0 Å². The molecule has 2 aliphatic rings. The second-order valence-corrected chi connectivity index (χ2v) is 6.43. The van der Waals surface area contributed by atoms with Crippen molar-refractivity contribution in [1.29, 1.82) is 0 Å². The average molecular weight is 353 g/mol. The van der Waals surface area contributed by atoms with E-state index in [2.05, 4.69) is 0 Å². The molecule has 0 radical (unpaired) electrons. The first-order chi connectivity index (χ1) is 12.4. The lowest BCUT2D eigenvalue weighted by Gasteiger charge is -2.43.